The summed E-state index contributed by atoms with van der Waals surface area (Å²) >= 11 is 0. The van der Waals surface area contributed by atoms with Crippen molar-refractivity contribution in [2.75, 3.05) is 5.32 Å². The Balaban J connectivity index is 1.81. The first-order chi connectivity index (χ1) is 16.0. The fourth-order valence-electron chi connectivity index (χ4n) is 4.21. The van der Waals surface area contributed by atoms with E-state index < -0.39 is 12.8 Å². The molecule has 0 bridgehead atoms. The Hall–Kier alpha value is -3.06. The van der Waals surface area contributed by atoms with Crippen LogP contribution in [0.5, 0.6) is 0 Å². The number of nitrogens with one attached hydrogen (secondary N) is 1. The van der Waals surface area contributed by atoms with Crippen LogP contribution in [0.25, 0.3) is 17.3 Å². The molecule has 0 atom stereocenters. The van der Waals surface area contributed by atoms with Crippen LogP contribution in [0.2, 0.25) is 0 Å². The number of halogens is 1. The average Bonchev–Trinajstić information content (AvgIpc) is 3.15. The number of benzene rings is 2. The van der Waals surface area contributed by atoms with Gasteiger partial charge in [0.25, 0.3) is 0 Å². The van der Waals surface area contributed by atoms with Gasteiger partial charge in [-0.2, -0.15) is 5.10 Å². The minimum Gasteiger partial charge on any atom is -0.324 e. The summed E-state index contributed by atoms with van der Waals surface area (Å²) in [5.41, 5.74) is 4.03. The third-order valence-corrected chi connectivity index (χ3v) is 8.25. The molecule has 180 valence electrons. The van der Waals surface area contributed by atoms with Gasteiger partial charge in [-0.1, -0.05) is 26.0 Å². The number of hydrogen-bond acceptors (Lipinski definition) is 3. The maximum absolute atomic E-state index is 13.3. The third-order valence-electron chi connectivity index (χ3n) is 6.25. The van der Waals surface area contributed by atoms with E-state index in [1.54, 1.807) is 75.1 Å². The first-order valence-electron chi connectivity index (χ1n) is 11.0. The van der Waals surface area contributed by atoms with Crippen molar-refractivity contribution in [3.05, 3.63) is 77.2 Å². The van der Waals surface area contributed by atoms with Crippen LogP contribution in [0, 0.1) is 12.7 Å². The first kappa shape index (κ1) is 25.6. The molecular weight excluding hydrogens is 456 g/mol. The van der Waals surface area contributed by atoms with Gasteiger partial charge in [0.05, 0.1) is 17.0 Å². The fourth-order valence-corrected chi connectivity index (χ4v) is 5.51. The molecule has 0 radical (unpaired) electrons. The van der Waals surface area contributed by atoms with Gasteiger partial charge in [0.15, 0.2) is 0 Å². The standard InChI is InChI=1S/C25H29FN3O4P/c1-5-25(6-2,34(31,32)33)20-10-13-22(17(3)15-20)28-23(30)14-9-19-16-27-29(4)24(19)18-7-11-21(26)12-8-18/h7-16H,5-6H2,1-4H3,(H,28,30)(H2,31,32,33). The number of aryl methyl sites for hydroxylation is 2. The zero-order valence-electron chi connectivity index (χ0n) is 19.6. The Kier molecular flexibility index (Phi) is 7.56. The van der Waals surface area contributed by atoms with E-state index in [2.05, 4.69) is 10.4 Å². The zero-order chi connectivity index (χ0) is 25.1. The number of rotatable bonds is 8. The quantitative estimate of drug-likeness (QED) is 0.294. The maximum atomic E-state index is 13.3. The van der Waals surface area contributed by atoms with Crippen molar-refractivity contribution in [1.82, 2.24) is 9.78 Å². The van der Waals surface area contributed by atoms with E-state index in [1.165, 1.54) is 18.2 Å². The lowest BCUT2D eigenvalue weighted by atomic mass is 9.91. The molecule has 9 heteroatoms. The lowest BCUT2D eigenvalue weighted by molar-refractivity contribution is -0.111. The summed E-state index contributed by atoms with van der Waals surface area (Å²) in [6.45, 7) is 5.31. The highest BCUT2D eigenvalue weighted by molar-refractivity contribution is 7.53. The Morgan fingerprint density at radius 2 is 1.82 bits per heavy atom. The van der Waals surface area contributed by atoms with Crippen molar-refractivity contribution in [1.29, 1.82) is 0 Å². The van der Waals surface area contributed by atoms with E-state index in [-0.39, 0.29) is 11.7 Å². The lowest BCUT2D eigenvalue weighted by Crippen LogP contribution is -2.24. The van der Waals surface area contributed by atoms with Gasteiger partial charge in [-0.15, -0.1) is 0 Å². The SMILES string of the molecule is CCC(CC)(c1ccc(NC(=O)C=Cc2cnn(C)c2-c2ccc(F)cc2)c(C)c1)P(=O)(O)O. The lowest BCUT2D eigenvalue weighted by Gasteiger charge is -2.33. The van der Waals surface area contributed by atoms with Gasteiger partial charge in [-0.25, -0.2) is 4.39 Å². The summed E-state index contributed by atoms with van der Waals surface area (Å²) in [7, 11) is -2.63. The molecule has 0 unspecified atom stereocenters. The van der Waals surface area contributed by atoms with Crippen LogP contribution >= 0.6 is 7.60 Å². The third kappa shape index (κ3) is 5.04. The summed E-state index contributed by atoms with van der Waals surface area (Å²) < 4.78 is 27.2. The Bertz CT molecular complexity index is 1260. The highest BCUT2D eigenvalue weighted by Gasteiger charge is 2.45. The fraction of sp³-hybridized carbons (Fsp3) is 0.280. The summed E-state index contributed by atoms with van der Waals surface area (Å²) in [6.07, 6.45) is 5.24. The molecule has 0 spiro atoms. The predicted octanol–water partition coefficient (Wildman–Crippen LogP) is 5.38. The molecule has 0 saturated heterocycles. The molecule has 3 aromatic rings. The number of aromatic nitrogens is 2. The minimum absolute atomic E-state index is 0.295. The highest BCUT2D eigenvalue weighted by atomic mass is 31.2. The number of carbonyl (C=O) groups excluding carboxylic acids is 1. The van der Waals surface area contributed by atoms with Crippen molar-refractivity contribution in [2.24, 2.45) is 7.05 Å². The van der Waals surface area contributed by atoms with Crippen molar-refractivity contribution >= 4 is 25.3 Å². The molecule has 1 heterocycles. The molecule has 0 aliphatic rings. The van der Waals surface area contributed by atoms with E-state index in [9.17, 15) is 23.5 Å². The molecule has 0 aliphatic heterocycles. The maximum Gasteiger partial charge on any atom is 0.335 e. The van der Waals surface area contributed by atoms with Crippen LogP contribution < -0.4 is 5.32 Å². The Morgan fingerprint density at radius 3 is 2.38 bits per heavy atom. The molecule has 3 rings (SSSR count). The molecular formula is C25H29FN3O4P. The number of anilines is 1. The predicted molar refractivity (Wildman–Crippen MR) is 132 cm³/mol. The van der Waals surface area contributed by atoms with Gasteiger partial charge in [0.2, 0.25) is 5.91 Å². The number of nitrogens with zero attached hydrogens (tertiary/aromatic N) is 2. The monoisotopic (exact) mass is 485 g/mol. The second-order valence-corrected chi connectivity index (χ2v) is 10.2. The topological polar surface area (TPSA) is 104 Å². The summed E-state index contributed by atoms with van der Waals surface area (Å²) in [5.74, 6) is -0.698. The van der Waals surface area contributed by atoms with E-state index in [0.717, 1.165) is 11.3 Å². The van der Waals surface area contributed by atoms with Crippen LogP contribution in [-0.2, 0) is 21.6 Å². The zero-order valence-corrected chi connectivity index (χ0v) is 20.5. The van der Waals surface area contributed by atoms with Gasteiger partial charge in [0.1, 0.15) is 5.82 Å². The Morgan fingerprint density at radius 1 is 1.18 bits per heavy atom. The van der Waals surface area contributed by atoms with Crippen molar-refractivity contribution in [3.8, 4) is 11.3 Å². The van der Waals surface area contributed by atoms with E-state index >= 15 is 0 Å². The Labute approximate surface area is 198 Å². The van der Waals surface area contributed by atoms with Crippen molar-refractivity contribution in [2.45, 2.75) is 38.8 Å². The second kappa shape index (κ2) is 10.1. The van der Waals surface area contributed by atoms with Crippen LogP contribution in [0.15, 0.2) is 54.7 Å². The molecule has 1 amide bonds. The van der Waals surface area contributed by atoms with Gasteiger partial charge >= 0.3 is 7.60 Å². The molecule has 0 saturated carbocycles. The number of amides is 1. The normalized spacial score (nSPS) is 12.3. The average molecular weight is 485 g/mol. The van der Waals surface area contributed by atoms with Crippen LogP contribution in [0.3, 0.4) is 0 Å². The van der Waals surface area contributed by atoms with E-state index in [0.29, 0.717) is 35.2 Å². The number of hydrogen-bond donors (Lipinski definition) is 3. The van der Waals surface area contributed by atoms with Gasteiger partial charge < -0.3 is 15.1 Å². The summed E-state index contributed by atoms with van der Waals surface area (Å²) in [6, 6.07) is 11.1. The number of carbonyl (C=O) groups is 1. The van der Waals surface area contributed by atoms with Crippen molar-refractivity contribution in [3.63, 3.8) is 0 Å². The molecule has 0 fully saturated rings. The smallest absolute Gasteiger partial charge is 0.324 e. The molecule has 3 N–H and O–H groups in total. The summed E-state index contributed by atoms with van der Waals surface area (Å²) in [5, 5.41) is 5.79. The molecule has 1 aromatic heterocycles. The summed E-state index contributed by atoms with van der Waals surface area (Å²) in [4.78, 5) is 32.6. The van der Waals surface area contributed by atoms with Crippen LogP contribution in [0.4, 0.5) is 10.1 Å². The second-order valence-electron chi connectivity index (χ2n) is 8.21. The molecule has 2 aromatic carbocycles. The van der Waals surface area contributed by atoms with E-state index in [4.69, 9.17) is 0 Å². The van der Waals surface area contributed by atoms with Gasteiger partial charge in [-0.3, -0.25) is 14.0 Å². The highest BCUT2D eigenvalue weighted by Crippen LogP contribution is 2.61. The van der Waals surface area contributed by atoms with Gasteiger partial charge in [-0.05, 0) is 67.3 Å². The minimum atomic E-state index is -4.39. The molecule has 34 heavy (non-hydrogen) atoms. The van der Waals surface area contributed by atoms with Crippen LogP contribution in [0.1, 0.15) is 43.4 Å². The van der Waals surface area contributed by atoms with Gasteiger partial charge in [0, 0.05) is 29.9 Å². The van der Waals surface area contributed by atoms with E-state index in [1.807, 2.05) is 0 Å². The first-order valence-corrected chi connectivity index (χ1v) is 12.6. The van der Waals surface area contributed by atoms with Crippen LogP contribution in [-0.4, -0.2) is 25.5 Å². The van der Waals surface area contributed by atoms with Crippen molar-refractivity contribution < 1.29 is 23.5 Å². The largest absolute Gasteiger partial charge is 0.335 e. The molecule has 7 nitrogen and oxygen atoms in total. The molecule has 0 aliphatic carbocycles.